The third-order valence-corrected chi connectivity index (χ3v) is 3.78. The monoisotopic (exact) mass is 273 g/mol. The van der Waals surface area contributed by atoms with Crippen LogP contribution in [0.15, 0.2) is 0 Å². The van der Waals surface area contributed by atoms with Gasteiger partial charge in [-0.25, -0.2) is 0 Å². The van der Waals surface area contributed by atoms with Gasteiger partial charge in [-0.05, 0) is 38.8 Å². The van der Waals surface area contributed by atoms with Crippen molar-refractivity contribution in [2.75, 3.05) is 59.3 Å². The van der Waals surface area contributed by atoms with Crippen LogP contribution < -0.4 is 0 Å². The van der Waals surface area contributed by atoms with Gasteiger partial charge in [0, 0.05) is 13.2 Å². The molecule has 0 spiro atoms. The Morgan fingerprint density at radius 3 is 2.00 bits per heavy atom. The summed E-state index contributed by atoms with van der Waals surface area (Å²) < 4.78 is 16.2. The number of hydrogen-bond acceptors (Lipinski definition) is 4. The predicted molar refractivity (Wildman–Crippen MR) is 77.6 cm³/mol. The zero-order valence-corrected chi connectivity index (χ0v) is 12.7. The zero-order chi connectivity index (χ0) is 13.8. The maximum absolute atomic E-state index is 5.59. The van der Waals surface area contributed by atoms with E-state index < -0.39 is 0 Å². The van der Waals surface area contributed by atoms with Crippen LogP contribution in [0, 0.1) is 5.92 Å². The molecule has 114 valence electrons. The maximum atomic E-state index is 5.59. The minimum Gasteiger partial charge on any atom is -0.379 e. The fourth-order valence-electron chi connectivity index (χ4n) is 2.40. The molecule has 0 aromatic rings. The van der Waals surface area contributed by atoms with E-state index in [0.717, 1.165) is 25.7 Å². The van der Waals surface area contributed by atoms with Crippen molar-refractivity contribution < 1.29 is 14.2 Å². The van der Waals surface area contributed by atoms with Crippen molar-refractivity contribution in [3.05, 3.63) is 0 Å². The topological polar surface area (TPSA) is 30.9 Å². The fourth-order valence-corrected chi connectivity index (χ4v) is 2.40. The third-order valence-electron chi connectivity index (χ3n) is 3.78. The summed E-state index contributed by atoms with van der Waals surface area (Å²) in [6.45, 7) is 12.1. The van der Waals surface area contributed by atoms with Crippen LogP contribution in [0.5, 0.6) is 0 Å². The molecule has 1 saturated heterocycles. The Morgan fingerprint density at radius 2 is 1.42 bits per heavy atom. The highest BCUT2D eigenvalue weighted by atomic mass is 16.5. The van der Waals surface area contributed by atoms with Crippen LogP contribution in [0.3, 0.4) is 0 Å². The normalized spacial score (nSPS) is 18.0. The molecule has 1 fully saturated rings. The number of nitrogens with zero attached hydrogens (tertiary/aromatic N) is 1. The first-order valence-electron chi connectivity index (χ1n) is 7.82. The Hall–Kier alpha value is -0.160. The highest BCUT2D eigenvalue weighted by Gasteiger charge is 2.16. The van der Waals surface area contributed by atoms with Crippen LogP contribution in [0.25, 0.3) is 0 Å². The average Bonchev–Trinajstić information content (AvgIpc) is 2.46. The highest BCUT2D eigenvalue weighted by molar-refractivity contribution is 4.70. The lowest BCUT2D eigenvalue weighted by Crippen LogP contribution is -2.36. The number of rotatable bonds is 11. The van der Waals surface area contributed by atoms with E-state index in [4.69, 9.17) is 14.2 Å². The van der Waals surface area contributed by atoms with Gasteiger partial charge in [0.05, 0.1) is 33.0 Å². The summed E-state index contributed by atoms with van der Waals surface area (Å²) in [5.74, 6) is 0.955. The molecule has 0 unspecified atom stereocenters. The van der Waals surface area contributed by atoms with Gasteiger partial charge in [-0.1, -0.05) is 13.3 Å². The maximum Gasteiger partial charge on any atom is 0.0701 e. The molecule has 0 radical (unpaired) electrons. The van der Waals surface area contributed by atoms with E-state index in [2.05, 4.69) is 11.8 Å². The molecule has 0 atom stereocenters. The van der Waals surface area contributed by atoms with Crippen LogP contribution in [0.2, 0.25) is 0 Å². The average molecular weight is 273 g/mol. The Balaban J connectivity index is 1.81. The van der Waals surface area contributed by atoms with Crippen LogP contribution in [-0.4, -0.2) is 64.2 Å². The summed E-state index contributed by atoms with van der Waals surface area (Å²) >= 11 is 0. The molecule has 0 amide bonds. The number of hydrogen-bond donors (Lipinski definition) is 0. The fraction of sp³-hybridized carbons (Fsp3) is 1.00. The predicted octanol–water partition coefficient (Wildman–Crippen LogP) is 2.18. The smallest absolute Gasteiger partial charge is 0.0701 e. The summed E-state index contributed by atoms with van der Waals surface area (Å²) in [4.78, 5) is 2.52. The molecule has 4 heteroatoms. The van der Waals surface area contributed by atoms with Gasteiger partial charge < -0.3 is 19.1 Å². The number of piperidine rings is 1. The lowest BCUT2D eigenvalue weighted by Gasteiger charge is -2.31. The van der Waals surface area contributed by atoms with E-state index in [1.165, 1.54) is 32.4 Å². The molecule has 19 heavy (non-hydrogen) atoms. The molecule has 0 aliphatic carbocycles. The molecule has 0 bridgehead atoms. The molecule has 1 aliphatic rings. The second-order valence-corrected chi connectivity index (χ2v) is 5.11. The van der Waals surface area contributed by atoms with Crippen molar-refractivity contribution in [2.45, 2.75) is 33.1 Å². The second kappa shape index (κ2) is 11.6. The first-order chi connectivity index (χ1) is 9.36. The van der Waals surface area contributed by atoms with Crippen LogP contribution in [0.4, 0.5) is 0 Å². The van der Waals surface area contributed by atoms with Crippen molar-refractivity contribution in [2.24, 2.45) is 5.92 Å². The van der Waals surface area contributed by atoms with Crippen LogP contribution in [0.1, 0.15) is 33.1 Å². The standard InChI is InChI=1S/C15H31NO3/c1-3-15-5-7-16(8-6-15)9-10-18-13-14-19-12-11-17-4-2/h15H,3-14H2,1-2H3. The second-order valence-electron chi connectivity index (χ2n) is 5.11. The largest absolute Gasteiger partial charge is 0.379 e. The van der Waals surface area contributed by atoms with Crippen LogP contribution >= 0.6 is 0 Å². The van der Waals surface area contributed by atoms with Crippen molar-refractivity contribution >= 4 is 0 Å². The lowest BCUT2D eigenvalue weighted by atomic mass is 9.94. The van der Waals surface area contributed by atoms with E-state index in [1.54, 1.807) is 0 Å². The summed E-state index contributed by atoms with van der Waals surface area (Å²) in [5.41, 5.74) is 0. The molecular formula is C15H31NO3. The molecule has 1 rings (SSSR count). The molecule has 0 saturated carbocycles. The van der Waals surface area contributed by atoms with E-state index in [9.17, 15) is 0 Å². The quantitative estimate of drug-likeness (QED) is 0.540. The molecule has 0 N–H and O–H groups in total. The highest BCUT2D eigenvalue weighted by Crippen LogP contribution is 2.19. The Kier molecular flexibility index (Phi) is 10.4. The molecule has 0 aromatic carbocycles. The van der Waals surface area contributed by atoms with Crippen molar-refractivity contribution in [1.82, 2.24) is 4.90 Å². The van der Waals surface area contributed by atoms with Gasteiger partial charge in [-0.15, -0.1) is 0 Å². The van der Waals surface area contributed by atoms with Crippen molar-refractivity contribution in [3.8, 4) is 0 Å². The summed E-state index contributed by atoms with van der Waals surface area (Å²) in [7, 11) is 0. The Bertz CT molecular complexity index is 194. The van der Waals surface area contributed by atoms with Crippen LogP contribution in [-0.2, 0) is 14.2 Å². The molecular weight excluding hydrogens is 242 g/mol. The molecule has 4 nitrogen and oxygen atoms in total. The first-order valence-corrected chi connectivity index (χ1v) is 7.82. The third kappa shape index (κ3) is 8.58. The van der Waals surface area contributed by atoms with Gasteiger partial charge in [0.2, 0.25) is 0 Å². The van der Waals surface area contributed by atoms with Gasteiger partial charge in [0.1, 0.15) is 0 Å². The van der Waals surface area contributed by atoms with E-state index >= 15 is 0 Å². The van der Waals surface area contributed by atoms with Gasteiger partial charge in [0.25, 0.3) is 0 Å². The zero-order valence-electron chi connectivity index (χ0n) is 12.7. The van der Waals surface area contributed by atoms with Crippen molar-refractivity contribution in [3.63, 3.8) is 0 Å². The minimum absolute atomic E-state index is 0.668. The summed E-state index contributed by atoms with van der Waals surface area (Å²) in [5, 5.41) is 0. The summed E-state index contributed by atoms with van der Waals surface area (Å²) in [6, 6.07) is 0. The van der Waals surface area contributed by atoms with E-state index in [1.807, 2.05) is 6.92 Å². The van der Waals surface area contributed by atoms with Gasteiger partial charge in [0.15, 0.2) is 0 Å². The SMILES string of the molecule is CCOCCOCCOCCN1CCC(CC)CC1. The van der Waals surface area contributed by atoms with Crippen molar-refractivity contribution in [1.29, 1.82) is 0 Å². The summed E-state index contributed by atoms with van der Waals surface area (Å²) in [6.07, 6.45) is 4.05. The van der Waals surface area contributed by atoms with Gasteiger partial charge in [-0.3, -0.25) is 0 Å². The Labute approximate surface area is 118 Å². The number of ether oxygens (including phenoxy) is 3. The molecule has 1 aliphatic heterocycles. The van der Waals surface area contributed by atoms with Gasteiger partial charge in [-0.2, -0.15) is 0 Å². The first kappa shape index (κ1) is 16.9. The molecule has 1 heterocycles. The van der Waals surface area contributed by atoms with Gasteiger partial charge >= 0.3 is 0 Å². The molecule has 0 aromatic heterocycles. The van der Waals surface area contributed by atoms with E-state index in [-0.39, 0.29) is 0 Å². The Morgan fingerprint density at radius 1 is 0.842 bits per heavy atom. The van der Waals surface area contributed by atoms with E-state index in [0.29, 0.717) is 26.4 Å². The number of likely N-dealkylation sites (tertiary alicyclic amines) is 1. The minimum atomic E-state index is 0.668. The lowest BCUT2D eigenvalue weighted by molar-refractivity contribution is 0.0109.